The molecule has 136 valence electrons. The Morgan fingerprint density at radius 3 is 2.85 bits per heavy atom. The van der Waals surface area contributed by atoms with Gasteiger partial charge in [-0.2, -0.15) is 0 Å². The molecule has 0 aliphatic carbocycles. The summed E-state index contributed by atoms with van der Waals surface area (Å²) < 4.78 is 13.5. The predicted octanol–water partition coefficient (Wildman–Crippen LogP) is 3.33. The summed E-state index contributed by atoms with van der Waals surface area (Å²) in [6, 6.07) is 6.20. The first-order chi connectivity index (χ1) is 12.3. The molecule has 0 bridgehead atoms. The second-order valence-corrected chi connectivity index (χ2v) is 8.24. The maximum Gasteiger partial charge on any atom is 0.296 e. The first kappa shape index (κ1) is 18.4. The van der Waals surface area contributed by atoms with Crippen molar-refractivity contribution in [2.75, 3.05) is 18.0 Å². The lowest BCUT2D eigenvalue weighted by molar-refractivity contribution is -0.116. The van der Waals surface area contributed by atoms with Crippen molar-refractivity contribution in [3.05, 3.63) is 46.7 Å². The fourth-order valence-corrected chi connectivity index (χ4v) is 3.80. The summed E-state index contributed by atoms with van der Waals surface area (Å²) in [6.45, 7) is 8.00. The standard InChI is InChI=1S/C20H22FN3OS/c1-20(2,3)17-13-26-19(23-17)24-11-10-15(12-24)22-18(25)9-8-14-6-4-5-7-16(14)21/h4-7,13,15H,10-12H2,1-3H3,(H,22,25). The van der Waals surface area contributed by atoms with Gasteiger partial charge in [-0.05, 0) is 18.6 Å². The van der Waals surface area contributed by atoms with E-state index in [1.54, 1.807) is 29.5 Å². The van der Waals surface area contributed by atoms with Gasteiger partial charge in [0.1, 0.15) is 5.82 Å². The Kier molecular flexibility index (Phi) is 5.28. The number of benzene rings is 1. The molecule has 1 atom stereocenters. The molecular formula is C20H22FN3OS. The van der Waals surface area contributed by atoms with Crippen LogP contribution in [0.5, 0.6) is 0 Å². The minimum atomic E-state index is -0.418. The highest BCUT2D eigenvalue weighted by molar-refractivity contribution is 7.13. The molecule has 1 aliphatic heterocycles. The molecule has 1 aromatic heterocycles. The van der Waals surface area contributed by atoms with Gasteiger partial charge in [0, 0.05) is 35.8 Å². The van der Waals surface area contributed by atoms with Crippen molar-refractivity contribution in [1.82, 2.24) is 10.3 Å². The first-order valence-electron chi connectivity index (χ1n) is 8.61. The van der Waals surface area contributed by atoms with Gasteiger partial charge in [0.25, 0.3) is 5.91 Å². The molecule has 26 heavy (non-hydrogen) atoms. The predicted molar refractivity (Wildman–Crippen MR) is 103 cm³/mol. The van der Waals surface area contributed by atoms with Crippen LogP contribution in [0, 0.1) is 17.7 Å². The van der Waals surface area contributed by atoms with Gasteiger partial charge in [-0.15, -0.1) is 11.3 Å². The Bertz CT molecular complexity index is 860. The summed E-state index contributed by atoms with van der Waals surface area (Å²) >= 11 is 1.64. The van der Waals surface area contributed by atoms with E-state index >= 15 is 0 Å². The van der Waals surface area contributed by atoms with E-state index in [9.17, 15) is 9.18 Å². The van der Waals surface area contributed by atoms with E-state index in [4.69, 9.17) is 4.98 Å². The van der Waals surface area contributed by atoms with E-state index < -0.39 is 5.82 Å². The molecular weight excluding hydrogens is 349 g/mol. The highest BCUT2D eigenvalue weighted by Crippen LogP contribution is 2.30. The van der Waals surface area contributed by atoms with Gasteiger partial charge in [-0.3, -0.25) is 4.79 Å². The molecule has 1 saturated heterocycles. The van der Waals surface area contributed by atoms with E-state index in [0.717, 1.165) is 23.8 Å². The first-order valence-corrected chi connectivity index (χ1v) is 9.49. The van der Waals surface area contributed by atoms with Crippen LogP contribution in [0.2, 0.25) is 0 Å². The number of hydrogen-bond acceptors (Lipinski definition) is 4. The van der Waals surface area contributed by atoms with E-state index in [-0.39, 0.29) is 22.9 Å². The summed E-state index contributed by atoms with van der Waals surface area (Å²) in [5, 5.41) is 5.99. The number of nitrogens with zero attached hydrogens (tertiary/aromatic N) is 2. The van der Waals surface area contributed by atoms with E-state index in [1.807, 2.05) is 0 Å². The number of rotatable bonds is 2. The van der Waals surface area contributed by atoms with Crippen LogP contribution in [0.1, 0.15) is 38.4 Å². The highest BCUT2D eigenvalue weighted by Gasteiger charge is 2.27. The van der Waals surface area contributed by atoms with Crippen LogP contribution < -0.4 is 10.2 Å². The smallest absolute Gasteiger partial charge is 0.296 e. The zero-order valence-electron chi connectivity index (χ0n) is 15.2. The lowest BCUT2D eigenvalue weighted by Crippen LogP contribution is -2.36. The highest BCUT2D eigenvalue weighted by atomic mass is 32.1. The fraction of sp³-hybridized carbons (Fsp3) is 0.400. The molecule has 2 aromatic rings. The van der Waals surface area contributed by atoms with E-state index in [2.05, 4.69) is 48.2 Å². The molecule has 0 spiro atoms. The van der Waals surface area contributed by atoms with Gasteiger partial charge >= 0.3 is 0 Å². The minimum absolute atomic E-state index is 0.0272. The zero-order valence-corrected chi connectivity index (χ0v) is 16.0. The lowest BCUT2D eigenvalue weighted by atomic mass is 9.93. The van der Waals surface area contributed by atoms with Gasteiger partial charge < -0.3 is 10.2 Å². The lowest BCUT2D eigenvalue weighted by Gasteiger charge is -2.17. The Hall–Kier alpha value is -2.39. The third-order valence-corrected chi connectivity index (χ3v) is 5.14. The quantitative estimate of drug-likeness (QED) is 0.824. The van der Waals surface area contributed by atoms with Crippen LogP contribution in [0.4, 0.5) is 9.52 Å². The maximum absolute atomic E-state index is 13.5. The van der Waals surface area contributed by atoms with Crippen LogP contribution in [0.15, 0.2) is 29.6 Å². The Morgan fingerprint density at radius 2 is 2.15 bits per heavy atom. The maximum atomic E-state index is 13.5. The largest absolute Gasteiger partial charge is 0.346 e. The Morgan fingerprint density at radius 1 is 1.38 bits per heavy atom. The molecule has 0 saturated carbocycles. The van der Waals surface area contributed by atoms with Crippen molar-refractivity contribution >= 4 is 22.4 Å². The number of halogens is 1. The van der Waals surface area contributed by atoms with Gasteiger partial charge in [-0.25, -0.2) is 9.37 Å². The van der Waals surface area contributed by atoms with Crippen LogP contribution in [-0.4, -0.2) is 30.0 Å². The van der Waals surface area contributed by atoms with Crippen LogP contribution >= 0.6 is 11.3 Å². The number of hydrogen-bond donors (Lipinski definition) is 1. The molecule has 1 N–H and O–H groups in total. The van der Waals surface area contributed by atoms with Crippen molar-refractivity contribution in [2.24, 2.45) is 0 Å². The summed E-state index contributed by atoms with van der Waals surface area (Å²) in [4.78, 5) is 18.9. The van der Waals surface area contributed by atoms with Crippen molar-refractivity contribution < 1.29 is 9.18 Å². The number of anilines is 1. The average Bonchev–Trinajstić information content (AvgIpc) is 3.22. The van der Waals surface area contributed by atoms with Crippen LogP contribution in [0.3, 0.4) is 0 Å². The van der Waals surface area contributed by atoms with Gasteiger partial charge in [0.2, 0.25) is 0 Å². The van der Waals surface area contributed by atoms with Gasteiger partial charge in [-0.1, -0.05) is 38.8 Å². The summed E-state index contributed by atoms with van der Waals surface area (Å²) in [5.41, 5.74) is 1.35. The zero-order chi connectivity index (χ0) is 18.7. The van der Waals surface area contributed by atoms with E-state index in [0.29, 0.717) is 6.54 Å². The van der Waals surface area contributed by atoms with E-state index in [1.165, 1.54) is 6.07 Å². The molecule has 4 nitrogen and oxygen atoms in total. The number of aromatic nitrogens is 1. The van der Waals surface area contributed by atoms with Crippen molar-refractivity contribution in [3.63, 3.8) is 0 Å². The molecule has 6 heteroatoms. The normalized spacial score (nSPS) is 16.9. The molecule has 1 unspecified atom stereocenters. The molecule has 1 aromatic carbocycles. The summed E-state index contributed by atoms with van der Waals surface area (Å²) in [6.07, 6.45) is 0.845. The topological polar surface area (TPSA) is 45.2 Å². The number of carbonyl (C=O) groups excluding carboxylic acids is 1. The fourth-order valence-electron chi connectivity index (χ4n) is 2.71. The number of thiazole rings is 1. The van der Waals surface area contributed by atoms with Crippen LogP contribution in [-0.2, 0) is 10.2 Å². The van der Waals surface area contributed by atoms with Gasteiger partial charge in [0.15, 0.2) is 5.13 Å². The number of amides is 1. The molecule has 2 heterocycles. The van der Waals surface area contributed by atoms with Crippen molar-refractivity contribution in [1.29, 1.82) is 0 Å². The third kappa shape index (κ3) is 4.41. The summed E-state index contributed by atoms with van der Waals surface area (Å²) in [7, 11) is 0. The number of nitrogens with one attached hydrogen (secondary N) is 1. The molecule has 1 amide bonds. The second-order valence-electron chi connectivity index (χ2n) is 7.40. The SMILES string of the molecule is CC(C)(C)c1csc(N2CCC(NC(=O)C#Cc3ccccc3F)C2)n1. The van der Waals surface area contributed by atoms with Crippen molar-refractivity contribution in [3.8, 4) is 11.8 Å². The number of carbonyl (C=O) groups is 1. The molecule has 1 fully saturated rings. The molecule has 1 aliphatic rings. The molecule has 0 radical (unpaired) electrons. The second kappa shape index (κ2) is 7.46. The van der Waals surface area contributed by atoms with Gasteiger partial charge in [0.05, 0.1) is 11.3 Å². The minimum Gasteiger partial charge on any atom is -0.346 e. The average molecular weight is 371 g/mol. The Labute approximate surface area is 157 Å². The summed E-state index contributed by atoms with van der Waals surface area (Å²) in [5.74, 6) is 4.26. The third-order valence-electron chi connectivity index (χ3n) is 4.24. The Balaban J connectivity index is 1.57. The van der Waals surface area contributed by atoms with Crippen molar-refractivity contribution in [2.45, 2.75) is 38.6 Å². The molecule has 3 rings (SSSR count). The monoisotopic (exact) mass is 371 g/mol. The van der Waals surface area contributed by atoms with Crippen LogP contribution in [0.25, 0.3) is 0 Å².